The lowest BCUT2D eigenvalue weighted by Gasteiger charge is -2.35. The second-order valence-electron chi connectivity index (χ2n) is 3.70. The number of thiophene rings is 1. The zero-order valence-electron chi connectivity index (χ0n) is 7.96. The summed E-state index contributed by atoms with van der Waals surface area (Å²) in [5, 5.41) is 1.70. The van der Waals surface area contributed by atoms with Gasteiger partial charge in [-0.05, 0) is 24.3 Å². The van der Waals surface area contributed by atoms with Gasteiger partial charge < -0.3 is 10.5 Å². The summed E-state index contributed by atoms with van der Waals surface area (Å²) in [5.41, 5.74) is 6.39. The van der Waals surface area contributed by atoms with Crippen molar-refractivity contribution in [1.29, 1.82) is 0 Å². The van der Waals surface area contributed by atoms with Crippen molar-refractivity contribution in [3.8, 4) is 0 Å². The predicted octanol–water partition coefficient (Wildman–Crippen LogP) is 1.89. The first-order chi connectivity index (χ1) is 6.78. The maximum atomic E-state index is 13.5. The van der Waals surface area contributed by atoms with Crippen LogP contribution in [0.15, 0.2) is 11.4 Å². The second kappa shape index (κ2) is 3.96. The number of hydrogen-bond donors (Lipinski definition) is 1. The number of halogens is 1. The van der Waals surface area contributed by atoms with Crippen molar-refractivity contribution in [3.63, 3.8) is 0 Å². The molecule has 0 unspecified atom stereocenters. The molecule has 1 aliphatic rings. The van der Waals surface area contributed by atoms with Gasteiger partial charge in [0.25, 0.3) is 0 Å². The molecular formula is C10H14FNOS. The molecule has 0 spiro atoms. The highest BCUT2D eigenvalue weighted by Crippen LogP contribution is 2.36. The molecule has 1 aromatic heterocycles. The molecular weight excluding hydrogens is 201 g/mol. The van der Waals surface area contributed by atoms with Crippen molar-refractivity contribution in [2.24, 2.45) is 5.73 Å². The van der Waals surface area contributed by atoms with E-state index in [0.29, 0.717) is 19.8 Å². The Labute approximate surface area is 86.9 Å². The highest BCUT2D eigenvalue weighted by atomic mass is 32.1. The Bertz CT molecular complexity index is 307. The average molecular weight is 215 g/mol. The lowest BCUT2D eigenvalue weighted by atomic mass is 9.75. The van der Waals surface area contributed by atoms with Gasteiger partial charge in [0.1, 0.15) is 0 Å². The first kappa shape index (κ1) is 10.1. The van der Waals surface area contributed by atoms with E-state index >= 15 is 0 Å². The molecule has 0 aromatic carbocycles. The molecule has 0 saturated carbocycles. The number of hydrogen-bond acceptors (Lipinski definition) is 3. The zero-order chi connectivity index (χ0) is 10.0. The van der Waals surface area contributed by atoms with Gasteiger partial charge in [0.15, 0.2) is 5.13 Å². The van der Waals surface area contributed by atoms with Crippen LogP contribution in [0.1, 0.15) is 18.4 Å². The van der Waals surface area contributed by atoms with Crippen molar-refractivity contribution in [2.75, 3.05) is 19.8 Å². The van der Waals surface area contributed by atoms with Gasteiger partial charge in [0, 0.05) is 30.7 Å². The molecule has 0 amide bonds. The van der Waals surface area contributed by atoms with Crippen molar-refractivity contribution in [3.05, 3.63) is 22.1 Å². The minimum atomic E-state index is -0.178. The summed E-state index contributed by atoms with van der Waals surface area (Å²) in [6.45, 7) is 1.88. The van der Waals surface area contributed by atoms with Gasteiger partial charge >= 0.3 is 0 Å². The molecule has 14 heavy (non-hydrogen) atoms. The standard InChI is InChI=1S/C10H14FNOS/c11-9-8(1-6-14-9)10(7-12)2-4-13-5-3-10/h1,6H,2-5,7,12H2. The van der Waals surface area contributed by atoms with Gasteiger partial charge in [-0.15, -0.1) is 11.3 Å². The molecule has 1 aromatic rings. The normalized spacial score (nSPS) is 21.0. The molecule has 1 saturated heterocycles. The Balaban J connectivity index is 2.31. The number of ether oxygens (including phenoxy) is 1. The third-order valence-electron chi connectivity index (χ3n) is 3.03. The summed E-state index contributed by atoms with van der Waals surface area (Å²) < 4.78 is 18.8. The lowest BCUT2D eigenvalue weighted by molar-refractivity contribution is 0.0520. The van der Waals surface area contributed by atoms with Crippen LogP contribution >= 0.6 is 11.3 Å². The molecule has 0 radical (unpaired) electrons. The van der Waals surface area contributed by atoms with E-state index in [1.165, 1.54) is 0 Å². The highest BCUT2D eigenvalue weighted by Gasteiger charge is 2.35. The Morgan fingerprint density at radius 1 is 1.50 bits per heavy atom. The molecule has 0 atom stereocenters. The fourth-order valence-corrected chi connectivity index (χ4v) is 2.76. The Morgan fingerprint density at radius 3 is 2.71 bits per heavy atom. The van der Waals surface area contributed by atoms with E-state index < -0.39 is 0 Å². The highest BCUT2D eigenvalue weighted by molar-refractivity contribution is 7.08. The van der Waals surface area contributed by atoms with Crippen molar-refractivity contribution in [1.82, 2.24) is 0 Å². The number of rotatable bonds is 2. The predicted molar refractivity (Wildman–Crippen MR) is 55.1 cm³/mol. The Hall–Kier alpha value is -0.450. The van der Waals surface area contributed by atoms with Crippen LogP contribution in [0.5, 0.6) is 0 Å². The van der Waals surface area contributed by atoms with Gasteiger partial charge in [0.05, 0.1) is 0 Å². The van der Waals surface area contributed by atoms with Crippen molar-refractivity contribution >= 4 is 11.3 Å². The van der Waals surface area contributed by atoms with E-state index in [9.17, 15) is 4.39 Å². The van der Waals surface area contributed by atoms with Crippen LogP contribution in [0.2, 0.25) is 0 Å². The minimum Gasteiger partial charge on any atom is -0.381 e. The summed E-state index contributed by atoms with van der Waals surface area (Å²) in [4.78, 5) is 0. The monoisotopic (exact) mass is 215 g/mol. The first-order valence-corrected chi connectivity index (χ1v) is 5.68. The summed E-state index contributed by atoms with van der Waals surface area (Å²) >= 11 is 1.15. The van der Waals surface area contributed by atoms with Crippen LogP contribution in [0.3, 0.4) is 0 Å². The van der Waals surface area contributed by atoms with Crippen LogP contribution in [0.4, 0.5) is 4.39 Å². The molecule has 2 nitrogen and oxygen atoms in total. The number of nitrogens with two attached hydrogens (primary N) is 1. The van der Waals surface area contributed by atoms with Crippen LogP contribution in [-0.2, 0) is 10.2 Å². The summed E-state index contributed by atoms with van der Waals surface area (Å²) in [7, 11) is 0. The minimum absolute atomic E-state index is 0.0858. The van der Waals surface area contributed by atoms with E-state index in [2.05, 4.69) is 0 Å². The summed E-state index contributed by atoms with van der Waals surface area (Å²) in [6, 6.07) is 1.86. The summed E-state index contributed by atoms with van der Waals surface area (Å²) in [5.74, 6) is 0. The molecule has 4 heteroatoms. The van der Waals surface area contributed by atoms with Gasteiger partial charge in [-0.1, -0.05) is 0 Å². The molecule has 0 bridgehead atoms. The zero-order valence-corrected chi connectivity index (χ0v) is 8.78. The van der Waals surface area contributed by atoms with E-state index in [-0.39, 0.29) is 10.5 Å². The van der Waals surface area contributed by atoms with Gasteiger partial charge in [-0.2, -0.15) is 4.39 Å². The molecule has 0 aliphatic carbocycles. The van der Waals surface area contributed by atoms with E-state index in [4.69, 9.17) is 10.5 Å². The van der Waals surface area contributed by atoms with Gasteiger partial charge in [-0.3, -0.25) is 0 Å². The fraction of sp³-hybridized carbons (Fsp3) is 0.600. The molecule has 2 rings (SSSR count). The van der Waals surface area contributed by atoms with Crippen LogP contribution in [-0.4, -0.2) is 19.8 Å². The third kappa shape index (κ3) is 1.58. The third-order valence-corrected chi connectivity index (χ3v) is 3.73. The molecule has 2 heterocycles. The quantitative estimate of drug-likeness (QED) is 0.817. The maximum Gasteiger partial charge on any atom is 0.180 e. The SMILES string of the molecule is NCC1(c2ccsc2F)CCOCC1. The van der Waals surface area contributed by atoms with Gasteiger partial charge in [-0.25, -0.2) is 0 Å². The van der Waals surface area contributed by atoms with Crippen LogP contribution < -0.4 is 5.73 Å². The Morgan fingerprint density at radius 2 is 2.21 bits per heavy atom. The lowest BCUT2D eigenvalue weighted by Crippen LogP contribution is -2.40. The second-order valence-corrected chi connectivity index (χ2v) is 4.57. The largest absolute Gasteiger partial charge is 0.381 e. The smallest absolute Gasteiger partial charge is 0.180 e. The molecule has 78 valence electrons. The van der Waals surface area contributed by atoms with Crippen LogP contribution in [0, 0.1) is 5.13 Å². The molecule has 2 N–H and O–H groups in total. The Kier molecular flexibility index (Phi) is 2.85. The topological polar surface area (TPSA) is 35.2 Å². The fourth-order valence-electron chi connectivity index (χ4n) is 2.02. The molecule has 1 aliphatic heterocycles. The van der Waals surface area contributed by atoms with E-state index in [1.54, 1.807) is 5.38 Å². The van der Waals surface area contributed by atoms with Crippen molar-refractivity contribution in [2.45, 2.75) is 18.3 Å². The first-order valence-electron chi connectivity index (χ1n) is 4.80. The maximum absolute atomic E-state index is 13.5. The van der Waals surface area contributed by atoms with E-state index in [1.807, 2.05) is 6.07 Å². The van der Waals surface area contributed by atoms with Gasteiger partial charge in [0.2, 0.25) is 0 Å². The summed E-state index contributed by atoms with van der Waals surface area (Å²) in [6.07, 6.45) is 1.66. The van der Waals surface area contributed by atoms with E-state index in [0.717, 1.165) is 29.7 Å². The van der Waals surface area contributed by atoms with Crippen molar-refractivity contribution < 1.29 is 9.13 Å². The van der Waals surface area contributed by atoms with Crippen LogP contribution in [0.25, 0.3) is 0 Å². The molecule has 1 fully saturated rings. The average Bonchev–Trinajstić information content (AvgIpc) is 2.66.